The maximum Gasteiger partial charge on any atom is 0.243 e. The second-order valence-electron chi connectivity index (χ2n) is 5.87. The molecule has 0 bridgehead atoms. The molecule has 0 atom stereocenters. The SMILES string of the molecule is Cc1cc(S(=O)(=O)N2CCN(c3c(F)cccc3F)CC2)ccc1F. The normalized spacial score (nSPS) is 16.2. The summed E-state index contributed by atoms with van der Waals surface area (Å²) in [5.74, 6) is -1.82. The van der Waals surface area contributed by atoms with Crippen LogP contribution < -0.4 is 4.90 Å². The van der Waals surface area contributed by atoms with Crippen molar-refractivity contribution in [2.75, 3.05) is 31.1 Å². The first kappa shape index (κ1) is 17.8. The van der Waals surface area contributed by atoms with E-state index in [0.717, 1.165) is 6.07 Å². The van der Waals surface area contributed by atoms with Gasteiger partial charge in [-0.05, 0) is 42.8 Å². The lowest BCUT2D eigenvalue weighted by Gasteiger charge is -2.35. The van der Waals surface area contributed by atoms with Crippen LogP contribution in [0.2, 0.25) is 0 Å². The van der Waals surface area contributed by atoms with E-state index in [2.05, 4.69) is 0 Å². The van der Waals surface area contributed by atoms with E-state index in [4.69, 9.17) is 0 Å². The number of para-hydroxylation sites is 1. The topological polar surface area (TPSA) is 40.6 Å². The fourth-order valence-electron chi connectivity index (χ4n) is 2.87. The number of hydrogen-bond donors (Lipinski definition) is 0. The van der Waals surface area contributed by atoms with E-state index in [1.807, 2.05) is 0 Å². The molecule has 1 aliphatic heterocycles. The van der Waals surface area contributed by atoms with Gasteiger partial charge in [-0.25, -0.2) is 21.6 Å². The molecule has 1 fully saturated rings. The summed E-state index contributed by atoms with van der Waals surface area (Å²) in [4.78, 5) is 1.50. The third-order valence-electron chi connectivity index (χ3n) is 4.26. The van der Waals surface area contributed by atoms with Crippen LogP contribution in [0.4, 0.5) is 18.9 Å². The Morgan fingerprint density at radius 3 is 2.04 bits per heavy atom. The second-order valence-corrected chi connectivity index (χ2v) is 7.81. The Morgan fingerprint density at radius 2 is 1.48 bits per heavy atom. The number of benzene rings is 2. The highest BCUT2D eigenvalue weighted by Crippen LogP contribution is 2.26. The molecule has 2 aromatic rings. The zero-order valence-electron chi connectivity index (χ0n) is 13.5. The third-order valence-corrected chi connectivity index (χ3v) is 6.15. The van der Waals surface area contributed by atoms with Crippen LogP contribution in [0.25, 0.3) is 0 Å². The Bertz CT molecular complexity index is 875. The highest BCUT2D eigenvalue weighted by atomic mass is 32.2. The molecule has 1 aliphatic rings. The van der Waals surface area contributed by atoms with Crippen LogP contribution in [0.15, 0.2) is 41.3 Å². The van der Waals surface area contributed by atoms with Gasteiger partial charge in [-0.2, -0.15) is 4.31 Å². The monoisotopic (exact) mass is 370 g/mol. The van der Waals surface area contributed by atoms with E-state index < -0.39 is 27.5 Å². The van der Waals surface area contributed by atoms with Crippen LogP contribution in [-0.4, -0.2) is 38.9 Å². The smallest absolute Gasteiger partial charge is 0.243 e. The molecule has 25 heavy (non-hydrogen) atoms. The number of nitrogens with zero attached hydrogens (tertiary/aromatic N) is 2. The molecule has 134 valence electrons. The molecule has 1 heterocycles. The Kier molecular flexibility index (Phi) is 4.75. The molecule has 2 aromatic carbocycles. The second kappa shape index (κ2) is 6.68. The fourth-order valence-corrected chi connectivity index (χ4v) is 4.38. The van der Waals surface area contributed by atoms with Gasteiger partial charge in [0.05, 0.1) is 4.90 Å². The lowest BCUT2D eigenvalue weighted by Crippen LogP contribution is -2.49. The molecule has 0 spiro atoms. The first-order chi connectivity index (χ1) is 11.8. The van der Waals surface area contributed by atoms with E-state index in [1.165, 1.54) is 46.5 Å². The molecule has 0 radical (unpaired) electrons. The van der Waals surface area contributed by atoms with Gasteiger partial charge in [-0.1, -0.05) is 6.07 Å². The molecule has 0 amide bonds. The first-order valence-corrected chi connectivity index (χ1v) is 9.20. The van der Waals surface area contributed by atoms with Gasteiger partial charge in [-0.15, -0.1) is 0 Å². The van der Waals surface area contributed by atoms with Crippen molar-refractivity contribution in [2.24, 2.45) is 0 Å². The molecule has 1 saturated heterocycles. The summed E-state index contributed by atoms with van der Waals surface area (Å²) >= 11 is 0. The molecule has 8 heteroatoms. The quantitative estimate of drug-likeness (QED) is 0.834. The van der Waals surface area contributed by atoms with Crippen molar-refractivity contribution in [3.63, 3.8) is 0 Å². The van der Waals surface area contributed by atoms with Crippen LogP contribution in [0, 0.1) is 24.4 Å². The number of piperazine rings is 1. The van der Waals surface area contributed by atoms with Crippen molar-refractivity contribution in [3.8, 4) is 0 Å². The average molecular weight is 370 g/mol. The summed E-state index contributed by atoms with van der Waals surface area (Å²) in [5, 5.41) is 0. The van der Waals surface area contributed by atoms with Crippen molar-refractivity contribution < 1.29 is 21.6 Å². The summed E-state index contributed by atoms with van der Waals surface area (Å²) < 4.78 is 67.7. The van der Waals surface area contributed by atoms with Crippen LogP contribution in [0.1, 0.15) is 5.56 Å². The highest BCUT2D eigenvalue weighted by molar-refractivity contribution is 7.89. The maximum absolute atomic E-state index is 13.9. The van der Waals surface area contributed by atoms with Gasteiger partial charge in [0.2, 0.25) is 10.0 Å². The van der Waals surface area contributed by atoms with Gasteiger partial charge in [0.1, 0.15) is 23.1 Å². The van der Waals surface area contributed by atoms with Gasteiger partial charge in [-0.3, -0.25) is 0 Å². The van der Waals surface area contributed by atoms with E-state index >= 15 is 0 Å². The van der Waals surface area contributed by atoms with E-state index in [9.17, 15) is 21.6 Å². The van der Waals surface area contributed by atoms with Gasteiger partial charge in [0.15, 0.2) is 0 Å². The minimum absolute atomic E-state index is 0.0110. The van der Waals surface area contributed by atoms with Gasteiger partial charge < -0.3 is 4.90 Å². The third kappa shape index (κ3) is 3.36. The molecule has 0 aromatic heterocycles. The summed E-state index contributed by atoms with van der Waals surface area (Å²) in [6.45, 7) is 2.00. The Balaban J connectivity index is 1.78. The van der Waals surface area contributed by atoms with Gasteiger partial charge in [0.25, 0.3) is 0 Å². The van der Waals surface area contributed by atoms with Gasteiger partial charge >= 0.3 is 0 Å². The average Bonchev–Trinajstić information content (AvgIpc) is 2.57. The van der Waals surface area contributed by atoms with Gasteiger partial charge in [0, 0.05) is 26.2 Å². The largest absolute Gasteiger partial charge is 0.364 e. The minimum Gasteiger partial charge on any atom is -0.364 e. The van der Waals surface area contributed by atoms with Crippen LogP contribution in [0.5, 0.6) is 0 Å². The molecule has 0 N–H and O–H groups in total. The summed E-state index contributed by atoms with van der Waals surface area (Å²) in [6.07, 6.45) is 0. The Morgan fingerprint density at radius 1 is 0.880 bits per heavy atom. The lowest BCUT2D eigenvalue weighted by molar-refractivity contribution is 0.381. The number of sulfonamides is 1. The molecule has 0 aliphatic carbocycles. The predicted molar refractivity (Wildman–Crippen MR) is 88.5 cm³/mol. The van der Waals surface area contributed by atoms with Crippen molar-refractivity contribution in [1.82, 2.24) is 4.31 Å². The molecule has 0 unspecified atom stereocenters. The molecular formula is C17H17F3N2O2S. The number of halogens is 3. The predicted octanol–water partition coefficient (Wildman–Crippen LogP) is 2.92. The Hall–Kier alpha value is -2.06. The van der Waals surface area contributed by atoms with Crippen LogP contribution >= 0.6 is 0 Å². The fraction of sp³-hybridized carbons (Fsp3) is 0.294. The molecule has 3 rings (SSSR count). The van der Waals surface area contributed by atoms with Crippen molar-refractivity contribution in [1.29, 1.82) is 0 Å². The van der Waals surface area contributed by atoms with Crippen molar-refractivity contribution in [3.05, 3.63) is 59.4 Å². The van der Waals surface area contributed by atoms with Crippen LogP contribution in [-0.2, 0) is 10.0 Å². The highest BCUT2D eigenvalue weighted by Gasteiger charge is 2.30. The molecular weight excluding hydrogens is 353 g/mol. The Labute approximate surface area is 144 Å². The van der Waals surface area contributed by atoms with Crippen molar-refractivity contribution in [2.45, 2.75) is 11.8 Å². The number of hydrogen-bond acceptors (Lipinski definition) is 3. The zero-order valence-corrected chi connectivity index (χ0v) is 14.4. The first-order valence-electron chi connectivity index (χ1n) is 7.76. The van der Waals surface area contributed by atoms with E-state index in [0.29, 0.717) is 0 Å². The number of aryl methyl sites for hydroxylation is 1. The molecule has 0 saturated carbocycles. The minimum atomic E-state index is -3.77. The van der Waals surface area contributed by atoms with Crippen LogP contribution in [0.3, 0.4) is 0 Å². The number of rotatable bonds is 3. The van der Waals surface area contributed by atoms with Crippen molar-refractivity contribution >= 4 is 15.7 Å². The van der Waals surface area contributed by atoms with E-state index in [-0.39, 0.29) is 42.3 Å². The summed E-state index contributed by atoms with van der Waals surface area (Å²) in [5.41, 5.74) is 0.102. The zero-order chi connectivity index (χ0) is 18.2. The summed E-state index contributed by atoms with van der Waals surface area (Å²) in [6, 6.07) is 7.25. The van der Waals surface area contributed by atoms with E-state index in [1.54, 1.807) is 0 Å². The standard InChI is InChI=1S/C17H17F3N2O2S/c1-12-11-13(5-6-14(12)18)25(23,24)22-9-7-21(8-10-22)17-15(19)3-2-4-16(17)20/h2-6,11H,7-10H2,1H3. The maximum atomic E-state index is 13.9. The molecule has 4 nitrogen and oxygen atoms in total. The lowest BCUT2D eigenvalue weighted by atomic mass is 10.2. The summed E-state index contributed by atoms with van der Waals surface area (Å²) in [7, 11) is -3.77. The number of anilines is 1.